The lowest BCUT2D eigenvalue weighted by Gasteiger charge is -2.11. The van der Waals surface area contributed by atoms with Crippen LogP contribution in [0.25, 0.3) is 0 Å². The summed E-state index contributed by atoms with van der Waals surface area (Å²) in [7, 11) is 0. The van der Waals surface area contributed by atoms with Gasteiger partial charge in [-0.2, -0.15) is 0 Å². The molecule has 0 aliphatic carbocycles. The zero-order valence-electron chi connectivity index (χ0n) is 11.6. The number of ether oxygens (including phenoxy) is 1. The molecule has 0 aliphatic rings. The molecule has 2 aromatic carbocycles. The van der Waals surface area contributed by atoms with Crippen LogP contribution in [0.1, 0.15) is 18.9 Å². The third-order valence-electron chi connectivity index (χ3n) is 2.85. The number of hydrogen-bond acceptors (Lipinski definition) is 2. The third kappa shape index (κ3) is 4.43. The third-order valence-corrected chi connectivity index (χ3v) is 3.47. The van der Waals surface area contributed by atoms with Crippen molar-refractivity contribution in [2.45, 2.75) is 19.9 Å². The molecule has 0 heterocycles. The normalized spacial score (nSPS) is 10.5. The Hall–Kier alpha value is -1.62. The highest BCUT2D eigenvalue weighted by atomic mass is 79.9. The largest absolute Gasteiger partial charge is 0.494 e. The van der Waals surface area contributed by atoms with E-state index in [4.69, 9.17) is 4.74 Å². The second-order valence-electron chi connectivity index (χ2n) is 4.59. The summed E-state index contributed by atoms with van der Waals surface area (Å²) < 4.78 is 32.6. The van der Waals surface area contributed by atoms with Crippen LogP contribution >= 0.6 is 15.9 Å². The molecular formula is C16H16BrF2NO. The lowest BCUT2D eigenvalue weighted by Crippen LogP contribution is -2.03. The van der Waals surface area contributed by atoms with Gasteiger partial charge in [-0.15, -0.1) is 0 Å². The average Bonchev–Trinajstić information content (AvgIpc) is 2.44. The van der Waals surface area contributed by atoms with E-state index >= 15 is 0 Å². The molecule has 21 heavy (non-hydrogen) atoms. The lowest BCUT2D eigenvalue weighted by atomic mass is 10.2. The first-order valence-electron chi connectivity index (χ1n) is 6.70. The van der Waals surface area contributed by atoms with Crippen LogP contribution in [-0.2, 0) is 6.54 Å². The van der Waals surface area contributed by atoms with E-state index in [9.17, 15) is 8.78 Å². The van der Waals surface area contributed by atoms with E-state index in [1.807, 2.05) is 31.2 Å². The molecule has 0 radical (unpaired) electrons. The van der Waals surface area contributed by atoms with Crippen molar-refractivity contribution in [2.75, 3.05) is 11.9 Å². The van der Waals surface area contributed by atoms with Gasteiger partial charge >= 0.3 is 0 Å². The minimum atomic E-state index is -0.625. The highest BCUT2D eigenvalue weighted by Crippen LogP contribution is 2.27. The molecule has 0 fully saturated rings. The molecule has 0 bridgehead atoms. The van der Waals surface area contributed by atoms with Crippen LogP contribution in [0.3, 0.4) is 0 Å². The van der Waals surface area contributed by atoms with Gasteiger partial charge in [0.2, 0.25) is 0 Å². The van der Waals surface area contributed by atoms with Crippen LogP contribution in [0.15, 0.2) is 40.9 Å². The van der Waals surface area contributed by atoms with E-state index in [0.717, 1.165) is 23.8 Å². The summed E-state index contributed by atoms with van der Waals surface area (Å²) in [5, 5.41) is 2.96. The summed E-state index contributed by atoms with van der Waals surface area (Å²) in [5.41, 5.74) is 1.20. The van der Waals surface area contributed by atoms with Gasteiger partial charge < -0.3 is 10.1 Å². The maximum atomic E-state index is 13.7. The Morgan fingerprint density at radius 3 is 2.71 bits per heavy atom. The van der Waals surface area contributed by atoms with Gasteiger partial charge in [-0.3, -0.25) is 0 Å². The highest BCUT2D eigenvalue weighted by Gasteiger charge is 2.09. The van der Waals surface area contributed by atoms with E-state index in [1.54, 1.807) is 0 Å². The minimum absolute atomic E-state index is 0.247. The quantitative estimate of drug-likeness (QED) is 0.775. The molecule has 2 rings (SSSR count). The predicted molar refractivity (Wildman–Crippen MR) is 83.6 cm³/mol. The fourth-order valence-corrected chi connectivity index (χ4v) is 2.41. The van der Waals surface area contributed by atoms with E-state index in [0.29, 0.717) is 17.6 Å². The first-order chi connectivity index (χ1) is 10.1. The summed E-state index contributed by atoms with van der Waals surface area (Å²) in [6.45, 7) is 3.12. The fraction of sp³-hybridized carbons (Fsp3) is 0.250. The summed E-state index contributed by atoms with van der Waals surface area (Å²) in [6.07, 6.45) is 0.941. The van der Waals surface area contributed by atoms with Crippen LogP contribution in [-0.4, -0.2) is 6.61 Å². The topological polar surface area (TPSA) is 21.3 Å². The second-order valence-corrected chi connectivity index (χ2v) is 5.45. The number of nitrogens with one attached hydrogen (secondary N) is 1. The van der Waals surface area contributed by atoms with E-state index in [-0.39, 0.29) is 5.69 Å². The van der Waals surface area contributed by atoms with Crippen molar-refractivity contribution in [1.29, 1.82) is 0 Å². The first-order valence-corrected chi connectivity index (χ1v) is 7.49. The molecule has 2 aromatic rings. The summed E-state index contributed by atoms with van der Waals surface area (Å²) >= 11 is 3.15. The molecular weight excluding hydrogens is 340 g/mol. The highest BCUT2D eigenvalue weighted by molar-refractivity contribution is 9.10. The van der Waals surface area contributed by atoms with Gasteiger partial charge in [-0.05, 0) is 46.1 Å². The number of benzene rings is 2. The SMILES string of the molecule is CCCOc1cccc(CNc2c(F)cc(F)cc2Br)c1. The molecule has 0 aliphatic heterocycles. The van der Waals surface area contributed by atoms with Gasteiger partial charge in [0.1, 0.15) is 17.4 Å². The van der Waals surface area contributed by atoms with Crippen LogP contribution in [0.4, 0.5) is 14.5 Å². The van der Waals surface area contributed by atoms with Crippen molar-refractivity contribution >= 4 is 21.6 Å². The summed E-state index contributed by atoms with van der Waals surface area (Å²) in [6, 6.07) is 9.67. The van der Waals surface area contributed by atoms with Crippen LogP contribution in [0.2, 0.25) is 0 Å². The Bertz CT molecular complexity index is 596. The zero-order chi connectivity index (χ0) is 15.2. The molecule has 0 saturated heterocycles. The molecule has 112 valence electrons. The Balaban J connectivity index is 2.06. The number of anilines is 1. The Morgan fingerprint density at radius 2 is 2.00 bits per heavy atom. The minimum Gasteiger partial charge on any atom is -0.494 e. The smallest absolute Gasteiger partial charge is 0.150 e. The predicted octanol–water partition coefficient (Wildman–Crippen LogP) is 5.13. The van der Waals surface area contributed by atoms with E-state index in [2.05, 4.69) is 21.2 Å². The number of halogens is 3. The van der Waals surface area contributed by atoms with Crippen molar-refractivity contribution in [2.24, 2.45) is 0 Å². The monoisotopic (exact) mass is 355 g/mol. The number of hydrogen-bond donors (Lipinski definition) is 1. The standard InChI is InChI=1S/C16H16BrF2NO/c1-2-6-21-13-5-3-4-11(7-13)10-20-16-14(17)8-12(18)9-15(16)19/h3-5,7-9,20H,2,6,10H2,1H3. The van der Waals surface area contributed by atoms with Gasteiger partial charge in [0.25, 0.3) is 0 Å². The van der Waals surface area contributed by atoms with Crippen molar-refractivity contribution < 1.29 is 13.5 Å². The average molecular weight is 356 g/mol. The lowest BCUT2D eigenvalue weighted by molar-refractivity contribution is 0.317. The second kappa shape index (κ2) is 7.41. The molecule has 5 heteroatoms. The van der Waals surface area contributed by atoms with Crippen LogP contribution in [0, 0.1) is 11.6 Å². The van der Waals surface area contributed by atoms with E-state index < -0.39 is 11.6 Å². The van der Waals surface area contributed by atoms with Gasteiger partial charge in [-0.25, -0.2) is 8.78 Å². The van der Waals surface area contributed by atoms with Crippen LogP contribution in [0.5, 0.6) is 5.75 Å². The van der Waals surface area contributed by atoms with Gasteiger partial charge in [0.05, 0.1) is 12.3 Å². The molecule has 0 aromatic heterocycles. The Morgan fingerprint density at radius 1 is 1.19 bits per heavy atom. The van der Waals surface area contributed by atoms with Gasteiger partial charge in [0, 0.05) is 17.1 Å². The summed E-state index contributed by atoms with van der Waals surface area (Å²) in [5.74, 6) is -0.449. The van der Waals surface area contributed by atoms with Crippen molar-refractivity contribution in [3.05, 3.63) is 58.1 Å². The number of rotatable bonds is 6. The maximum absolute atomic E-state index is 13.7. The Kier molecular flexibility index (Phi) is 5.56. The van der Waals surface area contributed by atoms with Crippen molar-refractivity contribution in [3.63, 3.8) is 0 Å². The van der Waals surface area contributed by atoms with Crippen molar-refractivity contribution in [1.82, 2.24) is 0 Å². The van der Waals surface area contributed by atoms with Crippen molar-refractivity contribution in [3.8, 4) is 5.75 Å². The fourth-order valence-electron chi connectivity index (χ4n) is 1.87. The zero-order valence-corrected chi connectivity index (χ0v) is 13.2. The first kappa shape index (κ1) is 15.8. The van der Waals surface area contributed by atoms with Gasteiger partial charge in [0.15, 0.2) is 0 Å². The molecule has 1 N–H and O–H groups in total. The molecule has 0 atom stereocenters. The summed E-state index contributed by atoms with van der Waals surface area (Å²) in [4.78, 5) is 0. The van der Waals surface area contributed by atoms with Gasteiger partial charge in [-0.1, -0.05) is 19.1 Å². The molecule has 0 unspecified atom stereocenters. The molecule has 2 nitrogen and oxygen atoms in total. The molecule has 0 spiro atoms. The molecule has 0 amide bonds. The molecule has 0 saturated carbocycles. The van der Waals surface area contributed by atoms with Crippen LogP contribution < -0.4 is 10.1 Å². The Labute approximate surface area is 131 Å². The maximum Gasteiger partial charge on any atom is 0.150 e. The van der Waals surface area contributed by atoms with E-state index in [1.165, 1.54) is 6.07 Å².